The molecule has 0 aromatic heterocycles. The molecule has 106 valence electrons. The maximum Gasteiger partial charge on any atom is 0.127 e. The molecule has 0 unspecified atom stereocenters. The van der Waals surface area contributed by atoms with Crippen LogP contribution < -0.4 is 5.73 Å². The molecule has 2 aromatic carbocycles. The Morgan fingerprint density at radius 2 is 1.90 bits per heavy atom. The van der Waals surface area contributed by atoms with Gasteiger partial charge >= 0.3 is 0 Å². The number of rotatable bonds is 2. The Hall–Kier alpha value is -1.57. The Balaban J connectivity index is 2.32. The summed E-state index contributed by atoms with van der Waals surface area (Å²) >= 11 is 0. The summed E-state index contributed by atoms with van der Waals surface area (Å²) in [4.78, 5) is 0. The molecule has 0 saturated heterocycles. The van der Waals surface area contributed by atoms with Gasteiger partial charge in [0, 0.05) is 5.69 Å². The number of nitrogen functional groups attached to an aromatic ring is 1. The molecule has 0 atom stereocenters. The van der Waals surface area contributed by atoms with Gasteiger partial charge in [-0.05, 0) is 70.7 Å². The van der Waals surface area contributed by atoms with E-state index in [2.05, 4.69) is 20.8 Å². The maximum atomic E-state index is 14.3. The first-order valence-corrected chi connectivity index (χ1v) is 7.37. The molecule has 2 N–H and O–H groups in total. The van der Waals surface area contributed by atoms with Crippen LogP contribution in [0, 0.1) is 11.7 Å². The lowest BCUT2D eigenvalue weighted by Gasteiger charge is -2.24. The molecule has 1 aliphatic rings. The summed E-state index contributed by atoms with van der Waals surface area (Å²) in [5.74, 6) is 0.597. The molecule has 0 aliphatic heterocycles. The Bertz CT molecular complexity index is 663. The van der Waals surface area contributed by atoms with Gasteiger partial charge in [0.2, 0.25) is 0 Å². The molecule has 2 heteroatoms. The van der Waals surface area contributed by atoms with E-state index in [0.29, 0.717) is 5.92 Å². The highest BCUT2D eigenvalue weighted by molar-refractivity contribution is 5.92. The van der Waals surface area contributed by atoms with E-state index in [1.54, 1.807) is 6.07 Å². The van der Waals surface area contributed by atoms with Crippen molar-refractivity contribution in [1.29, 1.82) is 0 Å². The summed E-state index contributed by atoms with van der Waals surface area (Å²) in [6.45, 7) is 6.48. The third kappa shape index (κ3) is 2.39. The number of halogens is 1. The van der Waals surface area contributed by atoms with Gasteiger partial charge in [-0.2, -0.15) is 0 Å². The quantitative estimate of drug-likeness (QED) is 0.779. The summed E-state index contributed by atoms with van der Waals surface area (Å²) in [5, 5.41) is 2.14. The molecular formula is C18H22FN. The first kappa shape index (κ1) is 13.4. The number of nitrogens with two attached hydrogens (primary N) is 1. The van der Waals surface area contributed by atoms with Gasteiger partial charge in [-0.3, -0.25) is 0 Å². The van der Waals surface area contributed by atoms with Gasteiger partial charge in [-0.25, -0.2) is 4.39 Å². The highest BCUT2D eigenvalue weighted by Gasteiger charge is 2.26. The molecule has 1 nitrogen and oxygen atoms in total. The molecule has 3 rings (SSSR count). The molecule has 0 radical (unpaired) electrons. The summed E-state index contributed by atoms with van der Waals surface area (Å²) < 4.78 is 14.3. The summed E-state index contributed by atoms with van der Waals surface area (Å²) in [5.41, 5.74) is 8.78. The van der Waals surface area contributed by atoms with Crippen molar-refractivity contribution >= 4 is 16.5 Å². The summed E-state index contributed by atoms with van der Waals surface area (Å²) in [7, 11) is 0. The maximum absolute atomic E-state index is 14.3. The first-order chi connectivity index (χ1) is 9.36. The predicted octanol–water partition coefficient (Wildman–Crippen LogP) is 4.81. The lowest BCUT2D eigenvalue weighted by atomic mass is 9.81. The highest BCUT2D eigenvalue weighted by atomic mass is 19.1. The van der Waals surface area contributed by atoms with Gasteiger partial charge in [0.1, 0.15) is 5.82 Å². The number of hydrogen-bond acceptors (Lipinski definition) is 1. The van der Waals surface area contributed by atoms with Crippen LogP contribution in [0.3, 0.4) is 0 Å². The van der Waals surface area contributed by atoms with E-state index in [1.807, 2.05) is 18.2 Å². The van der Waals surface area contributed by atoms with Gasteiger partial charge in [-0.15, -0.1) is 0 Å². The third-order valence-corrected chi connectivity index (χ3v) is 4.19. The zero-order chi connectivity index (χ0) is 14.5. The molecule has 0 amide bonds. The minimum Gasteiger partial charge on any atom is -0.399 e. The highest BCUT2D eigenvalue weighted by Crippen LogP contribution is 2.39. The van der Waals surface area contributed by atoms with E-state index < -0.39 is 0 Å². The second-order valence-corrected chi connectivity index (χ2v) is 7.09. The van der Waals surface area contributed by atoms with Crippen molar-refractivity contribution in [2.75, 3.05) is 5.73 Å². The summed E-state index contributed by atoms with van der Waals surface area (Å²) in [6, 6.07) is 7.41. The van der Waals surface area contributed by atoms with Crippen LogP contribution in [0.25, 0.3) is 10.8 Å². The Kier molecular flexibility index (Phi) is 3.00. The smallest absolute Gasteiger partial charge is 0.127 e. The third-order valence-electron chi connectivity index (χ3n) is 4.19. The molecular weight excluding hydrogens is 249 g/mol. The zero-order valence-corrected chi connectivity index (χ0v) is 12.5. The minimum atomic E-state index is -0.0697. The normalized spacial score (nSPS) is 15.8. The lowest BCUT2D eigenvalue weighted by molar-refractivity contribution is 0.589. The van der Waals surface area contributed by atoms with Gasteiger partial charge in [0.05, 0.1) is 0 Å². The second kappa shape index (κ2) is 4.47. The van der Waals surface area contributed by atoms with E-state index >= 15 is 0 Å². The van der Waals surface area contributed by atoms with Crippen LogP contribution >= 0.6 is 0 Å². The van der Waals surface area contributed by atoms with Crippen LogP contribution in [0.1, 0.15) is 44.7 Å². The van der Waals surface area contributed by atoms with Crippen molar-refractivity contribution in [3.05, 3.63) is 41.2 Å². The van der Waals surface area contributed by atoms with Gasteiger partial charge in [0.25, 0.3) is 0 Å². The first-order valence-electron chi connectivity index (χ1n) is 7.37. The number of anilines is 1. The fraction of sp³-hybridized carbons (Fsp3) is 0.444. The van der Waals surface area contributed by atoms with Crippen molar-refractivity contribution in [2.24, 2.45) is 5.92 Å². The van der Waals surface area contributed by atoms with E-state index in [-0.39, 0.29) is 11.2 Å². The molecule has 0 spiro atoms. The SMILES string of the molecule is CC(C)(C)c1cc(N)cc2ccc(F)c(CC3CC3)c12. The standard InChI is InChI=1S/C18H22FN/c1-18(2,3)15-10-13(20)9-12-6-7-16(19)14(17(12)15)8-11-4-5-11/h6-7,9-11H,4-5,8,20H2,1-3H3. The number of benzene rings is 2. The Morgan fingerprint density at radius 3 is 2.50 bits per heavy atom. The fourth-order valence-corrected chi connectivity index (χ4v) is 2.94. The molecule has 2 aromatic rings. The Labute approximate surface area is 120 Å². The predicted molar refractivity (Wildman–Crippen MR) is 83.4 cm³/mol. The van der Waals surface area contributed by atoms with Crippen molar-refractivity contribution in [2.45, 2.75) is 45.4 Å². The van der Waals surface area contributed by atoms with Crippen LogP contribution in [0.4, 0.5) is 10.1 Å². The van der Waals surface area contributed by atoms with E-state index in [9.17, 15) is 4.39 Å². The van der Waals surface area contributed by atoms with Gasteiger partial charge in [0.15, 0.2) is 0 Å². The average molecular weight is 271 g/mol. The van der Waals surface area contributed by atoms with Crippen molar-refractivity contribution < 1.29 is 4.39 Å². The number of hydrogen-bond donors (Lipinski definition) is 1. The van der Waals surface area contributed by atoms with E-state index in [4.69, 9.17) is 5.73 Å². The van der Waals surface area contributed by atoms with Crippen LogP contribution in [-0.4, -0.2) is 0 Å². The molecule has 0 heterocycles. The van der Waals surface area contributed by atoms with Crippen molar-refractivity contribution in [3.63, 3.8) is 0 Å². The summed E-state index contributed by atoms with van der Waals surface area (Å²) in [6.07, 6.45) is 3.32. The van der Waals surface area contributed by atoms with Crippen molar-refractivity contribution in [3.8, 4) is 0 Å². The molecule has 1 fully saturated rings. The van der Waals surface area contributed by atoms with E-state index in [1.165, 1.54) is 12.8 Å². The van der Waals surface area contributed by atoms with Gasteiger partial charge in [-0.1, -0.05) is 26.8 Å². The van der Waals surface area contributed by atoms with Crippen LogP contribution in [0.15, 0.2) is 24.3 Å². The largest absolute Gasteiger partial charge is 0.399 e. The lowest BCUT2D eigenvalue weighted by Crippen LogP contribution is -2.14. The van der Waals surface area contributed by atoms with Crippen LogP contribution in [0.2, 0.25) is 0 Å². The molecule has 1 aliphatic carbocycles. The second-order valence-electron chi connectivity index (χ2n) is 7.09. The Morgan fingerprint density at radius 1 is 1.20 bits per heavy atom. The average Bonchev–Trinajstić information content (AvgIpc) is 3.14. The topological polar surface area (TPSA) is 26.0 Å². The fourth-order valence-electron chi connectivity index (χ4n) is 2.94. The zero-order valence-electron chi connectivity index (χ0n) is 12.5. The minimum absolute atomic E-state index is 0.0419. The number of fused-ring (bicyclic) bond motifs is 1. The van der Waals surface area contributed by atoms with Crippen LogP contribution in [-0.2, 0) is 11.8 Å². The van der Waals surface area contributed by atoms with Gasteiger partial charge < -0.3 is 5.73 Å². The van der Waals surface area contributed by atoms with Crippen molar-refractivity contribution in [1.82, 2.24) is 0 Å². The molecule has 1 saturated carbocycles. The van der Waals surface area contributed by atoms with Crippen LogP contribution in [0.5, 0.6) is 0 Å². The molecule has 0 bridgehead atoms. The molecule has 20 heavy (non-hydrogen) atoms. The van der Waals surface area contributed by atoms with E-state index in [0.717, 1.165) is 34.0 Å². The monoisotopic (exact) mass is 271 g/mol.